The van der Waals surface area contributed by atoms with Crippen LogP contribution < -0.4 is 4.90 Å². The van der Waals surface area contributed by atoms with Crippen LogP contribution in [0.2, 0.25) is 0 Å². The third-order valence-electron chi connectivity index (χ3n) is 7.10. The lowest BCUT2D eigenvalue weighted by atomic mass is 9.89. The Morgan fingerprint density at radius 1 is 1.03 bits per heavy atom. The lowest BCUT2D eigenvalue weighted by Gasteiger charge is -2.31. The molecule has 3 aromatic rings. The van der Waals surface area contributed by atoms with E-state index >= 15 is 0 Å². The molecule has 148 valence electrons. The normalized spacial score (nSPS) is 26.3. The van der Waals surface area contributed by atoms with E-state index in [1.807, 2.05) is 13.2 Å². The molecule has 29 heavy (non-hydrogen) atoms. The van der Waals surface area contributed by atoms with Gasteiger partial charge in [-0.3, -0.25) is 4.79 Å². The van der Waals surface area contributed by atoms with Crippen molar-refractivity contribution in [2.75, 3.05) is 24.5 Å². The maximum atomic E-state index is 13.1. The number of carbonyl (C=O) groups is 1. The van der Waals surface area contributed by atoms with Crippen LogP contribution in [0.4, 0.5) is 5.69 Å². The summed E-state index contributed by atoms with van der Waals surface area (Å²) in [5.74, 6) is 1.66. The van der Waals surface area contributed by atoms with Gasteiger partial charge in [-0.2, -0.15) is 0 Å². The molecule has 0 unspecified atom stereocenters. The molecule has 5 heteroatoms. The first kappa shape index (κ1) is 17.1. The minimum atomic E-state index is 0.201. The highest BCUT2D eigenvalue weighted by Crippen LogP contribution is 2.48. The van der Waals surface area contributed by atoms with Gasteiger partial charge in [0.1, 0.15) is 5.65 Å². The first-order valence-corrected chi connectivity index (χ1v) is 10.7. The molecule has 3 aliphatic rings. The molecule has 3 fully saturated rings. The molecule has 2 saturated heterocycles. The maximum absolute atomic E-state index is 13.1. The predicted octanol–water partition coefficient (Wildman–Crippen LogP) is 3.62. The summed E-state index contributed by atoms with van der Waals surface area (Å²) in [5.41, 5.74) is 3.59. The Morgan fingerprint density at radius 2 is 1.86 bits per heavy atom. The Hall–Kier alpha value is -2.82. The van der Waals surface area contributed by atoms with E-state index in [-0.39, 0.29) is 12.0 Å². The molecule has 1 aromatic carbocycles. The number of carbonyl (C=O) groups excluding carboxylic acids is 1. The van der Waals surface area contributed by atoms with Crippen LogP contribution in [-0.2, 0) is 11.8 Å². The third-order valence-corrected chi connectivity index (χ3v) is 7.10. The van der Waals surface area contributed by atoms with Crippen molar-refractivity contribution in [2.45, 2.75) is 18.9 Å². The maximum Gasteiger partial charge on any atom is 0.226 e. The molecule has 0 radical (unpaired) electrons. The smallest absolute Gasteiger partial charge is 0.226 e. The van der Waals surface area contributed by atoms with Crippen molar-refractivity contribution in [3.63, 3.8) is 0 Å². The van der Waals surface area contributed by atoms with Crippen LogP contribution >= 0.6 is 0 Å². The SMILES string of the molecule is Cn1ccc2c(N3C[C@H]4CN(C(=O)C5CC5)[C@@H](c5ccccc5)[C@H]4C3)ccnc21. The van der Waals surface area contributed by atoms with E-state index in [0.29, 0.717) is 17.7 Å². The molecule has 4 heterocycles. The number of fused-ring (bicyclic) bond motifs is 2. The first-order valence-electron chi connectivity index (χ1n) is 10.7. The van der Waals surface area contributed by atoms with Crippen LogP contribution in [0, 0.1) is 17.8 Å². The van der Waals surface area contributed by atoms with Crippen LogP contribution in [0.1, 0.15) is 24.4 Å². The van der Waals surface area contributed by atoms with E-state index in [1.165, 1.54) is 16.6 Å². The molecule has 5 nitrogen and oxygen atoms in total. The largest absolute Gasteiger partial charge is 0.370 e. The van der Waals surface area contributed by atoms with Gasteiger partial charge < -0.3 is 14.4 Å². The summed E-state index contributed by atoms with van der Waals surface area (Å²) in [6, 6.07) is 15.2. The van der Waals surface area contributed by atoms with Gasteiger partial charge in [0.2, 0.25) is 5.91 Å². The number of hydrogen-bond acceptors (Lipinski definition) is 3. The van der Waals surface area contributed by atoms with Gasteiger partial charge in [0.25, 0.3) is 0 Å². The topological polar surface area (TPSA) is 41.4 Å². The molecule has 0 bridgehead atoms. The Bertz CT molecular complexity index is 1070. The summed E-state index contributed by atoms with van der Waals surface area (Å²) >= 11 is 0. The fraction of sp³-hybridized carbons (Fsp3) is 0.417. The number of amides is 1. The van der Waals surface area contributed by atoms with Crippen molar-refractivity contribution in [2.24, 2.45) is 24.8 Å². The zero-order valence-electron chi connectivity index (χ0n) is 16.7. The zero-order valence-corrected chi connectivity index (χ0v) is 16.7. The number of anilines is 1. The van der Waals surface area contributed by atoms with Crippen LogP contribution in [-0.4, -0.2) is 40.0 Å². The summed E-state index contributed by atoms with van der Waals surface area (Å²) in [5, 5.41) is 1.22. The van der Waals surface area contributed by atoms with Gasteiger partial charge >= 0.3 is 0 Å². The molecule has 2 aromatic heterocycles. The molecule has 0 N–H and O–H groups in total. The van der Waals surface area contributed by atoms with Gasteiger partial charge in [-0.05, 0) is 30.5 Å². The molecule has 6 rings (SSSR count). The van der Waals surface area contributed by atoms with Crippen molar-refractivity contribution >= 4 is 22.6 Å². The molecule has 1 amide bonds. The van der Waals surface area contributed by atoms with E-state index in [2.05, 4.69) is 68.0 Å². The second kappa shape index (κ2) is 6.34. The fourth-order valence-electron chi connectivity index (χ4n) is 5.54. The molecule has 1 saturated carbocycles. The number of aromatic nitrogens is 2. The number of hydrogen-bond donors (Lipinski definition) is 0. The van der Waals surface area contributed by atoms with Gasteiger partial charge in [-0.15, -0.1) is 0 Å². The Labute approximate surface area is 170 Å². The van der Waals surface area contributed by atoms with Crippen molar-refractivity contribution in [3.8, 4) is 0 Å². The van der Waals surface area contributed by atoms with Gasteiger partial charge in [0.05, 0.1) is 6.04 Å². The fourth-order valence-corrected chi connectivity index (χ4v) is 5.54. The minimum Gasteiger partial charge on any atom is -0.370 e. The number of pyridine rings is 1. The zero-order chi connectivity index (χ0) is 19.5. The molecule has 0 spiro atoms. The Kier molecular flexibility index (Phi) is 3.73. The summed E-state index contributed by atoms with van der Waals surface area (Å²) < 4.78 is 2.08. The van der Waals surface area contributed by atoms with Gasteiger partial charge in [-0.1, -0.05) is 30.3 Å². The average Bonchev–Trinajstić information content (AvgIpc) is 3.28. The second-order valence-corrected chi connectivity index (χ2v) is 8.94. The second-order valence-electron chi connectivity index (χ2n) is 8.94. The van der Waals surface area contributed by atoms with Gasteiger partial charge in [-0.25, -0.2) is 4.98 Å². The molecular formula is C24H26N4O. The highest BCUT2D eigenvalue weighted by atomic mass is 16.2. The number of nitrogens with zero attached hydrogens (tertiary/aromatic N) is 4. The van der Waals surface area contributed by atoms with Crippen molar-refractivity contribution in [1.82, 2.24) is 14.5 Å². The molecule has 3 atom stereocenters. The van der Waals surface area contributed by atoms with Crippen LogP contribution in [0.3, 0.4) is 0 Å². The van der Waals surface area contributed by atoms with Gasteiger partial charge in [0, 0.05) is 67.9 Å². The molecular weight excluding hydrogens is 360 g/mol. The average molecular weight is 386 g/mol. The predicted molar refractivity (Wildman–Crippen MR) is 114 cm³/mol. The van der Waals surface area contributed by atoms with Crippen LogP contribution in [0.5, 0.6) is 0 Å². The third kappa shape index (κ3) is 2.67. The van der Waals surface area contributed by atoms with E-state index in [0.717, 1.165) is 38.1 Å². The van der Waals surface area contributed by atoms with Gasteiger partial charge in [0.15, 0.2) is 0 Å². The number of rotatable bonds is 3. The minimum absolute atomic E-state index is 0.201. The lowest BCUT2D eigenvalue weighted by Crippen LogP contribution is -2.36. The molecule has 1 aliphatic carbocycles. The lowest BCUT2D eigenvalue weighted by molar-refractivity contribution is -0.134. The quantitative estimate of drug-likeness (QED) is 0.690. The van der Waals surface area contributed by atoms with Crippen molar-refractivity contribution < 1.29 is 4.79 Å². The summed E-state index contributed by atoms with van der Waals surface area (Å²) in [6.45, 7) is 2.89. The summed E-state index contributed by atoms with van der Waals surface area (Å²) in [6.07, 6.45) is 6.15. The summed E-state index contributed by atoms with van der Waals surface area (Å²) in [4.78, 5) is 22.3. The number of benzene rings is 1. The highest BCUT2D eigenvalue weighted by molar-refractivity contribution is 5.90. The van der Waals surface area contributed by atoms with E-state index in [9.17, 15) is 4.79 Å². The van der Waals surface area contributed by atoms with E-state index in [1.54, 1.807) is 0 Å². The first-order chi connectivity index (χ1) is 14.2. The molecule has 2 aliphatic heterocycles. The van der Waals surface area contributed by atoms with Crippen LogP contribution in [0.15, 0.2) is 54.9 Å². The number of aryl methyl sites for hydroxylation is 1. The summed E-state index contributed by atoms with van der Waals surface area (Å²) in [7, 11) is 2.05. The van der Waals surface area contributed by atoms with Crippen LogP contribution in [0.25, 0.3) is 11.0 Å². The Balaban J connectivity index is 1.34. The highest BCUT2D eigenvalue weighted by Gasteiger charge is 2.51. The number of likely N-dealkylation sites (tertiary alicyclic amines) is 1. The van der Waals surface area contributed by atoms with Crippen molar-refractivity contribution in [1.29, 1.82) is 0 Å². The standard InChI is InChI=1S/C24H26N4O/c1-26-12-10-19-21(9-11-25-23(19)26)27-13-18-14-28(24(29)17-7-8-17)22(20(18)15-27)16-5-3-2-4-6-16/h2-6,9-12,17-18,20,22H,7-8,13-15H2,1H3/t18-,20-,22-/m0/s1. The van der Waals surface area contributed by atoms with E-state index in [4.69, 9.17) is 0 Å². The van der Waals surface area contributed by atoms with Crippen molar-refractivity contribution in [3.05, 3.63) is 60.4 Å². The Morgan fingerprint density at radius 3 is 2.66 bits per heavy atom. The monoisotopic (exact) mass is 386 g/mol. The van der Waals surface area contributed by atoms with E-state index < -0.39 is 0 Å².